The van der Waals surface area contributed by atoms with Gasteiger partial charge in [-0.1, -0.05) is 16.8 Å². The van der Waals surface area contributed by atoms with Crippen LogP contribution in [-0.2, 0) is 6.54 Å². The van der Waals surface area contributed by atoms with E-state index in [9.17, 15) is 29.8 Å². The summed E-state index contributed by atoms with van der Waals surface area (Å²) in [7, 11) is 0. The van der Waals surface area contributed by atoms with E-state index in [1.807, 2.05) is 0 Å². The Kier molecular flexibility index (Phi) is 6.92. The van der Waals surface area contributed by atoms with Crippen LogP contribution in [0.4, 0.5) is 11.5 Å². The lowest BCUT2D eigenvalue weighted by Crippen LogP contribution is -2.35. The van der Waals surface area contributed by atoms with Gasteiger partial charge in [0.15, 0.2) is 5.82 Å². The summed E-state index contributed by atoms with van der Waals surface area (Å²) in [6.07, 6.45) is 0. The SMILES string of the molecule is Cc1cc([N+](=O)[O-])nn1Cc1noc(C(=O)NCCNC(=O)c2cc([N+](=O)[O-])ccc2Cl)n1. The molecule has 0 atom stereocenters. The molecule has 2 aromatic heterocycles. The van der Waals surface area contributed by atoms with Crippen LogP contribution in [0.1, 0.15) is 32.6 Å². The molecule has 172 valence electrons. The maximum absolute atomic E-state index is 12.2. The summed E-state index contributed by atoms with van der Waals surface area (Å²) in [6.45, 7) is 1.54. The van der Waals surface area contributed by atoms with Crippen LogP contribution in [0.25, 0.3) is 0 Å². The zero-order valence-corrected chi connectivity index (χ0v) is 17.6. The topological polar surface area (TPSA) is 201 Å². The molecule has 2 amide bonds. The second kappa shape index (κ2) is 9.82. The van der Waals surface area contributed by atoms with Gasteiger partial charge in [-0.25, -0.2) is 0 Å². The highest BCUT2D eigenvalue weighted by atomic mass is 35.5. The van der Waals surface area contributed by atoms with Crippen molar-refractivity contribution in [2.24, 2.45) is 0 Å². The van der Waals surface area contributed by atoms with Gasteiger partial charge in [-0.2, -0.15) is 9.67 Å². The van der Waals surface area contributed by atoms with Gasteiger partial charge in [0, 0.05) is 25.2 Å². The molecular formula is C17H15ClN8O7. The minimum absolute atomic E-state index is 0.0132. The van der Waals surface area contributed by atoms with E-state index in [1.54, 1.807) is 6.92 Å². The second-order valence-electron chi connectivity index (χ2n) is 6.51. The minimum atomic E-state index is -0.709. The molecule has 3 rings (SSSR count). The third kappa shape index (κ3) is 5.65. The number of carbonyl (C=O) groups excluding carboxylic acids is 2. The van der Waals surface area contributed by atoms with Gasteiger partial charge in [0.2, 0.25) is 0 Å². The van der Waals surface area contributed by atoms with E-state index in [0.29, 0.717) is 5.69 Å². The van der Waals surface area contributed by atoms with Crippen molar-refractivity contribution < 1.29 is 24.0 Å². The van der Waals surface area contributed by atoms with Gasteiger partial charge in [-0.15, -0.1) is 0 Å². The van der Waals surface area contributed by atoms with Crippen molar-refractivity contribution in [2.75, 3.05) is 13.1 Å². The van der Waals surface area contributed by atoms with Crippen molar-refractivity contribution in [3.05, 3.63) is 72.5 Å². The fourth-order valence-electron chi connectivity index (χ4n) is 2.61. The fraction of sp³-hybridized carbons (Fsp3) is 0.235. The van der Waals surface area contributed by atoms with E-state index in [2.05, 4.69) is 25.9 Å². The predicted octanol–water partition coefficient (Wildman–Crippen LogP) is 1.25. The molecule has 0 aliphatic rings. The summed E-state index contributed by atoms with van der Waals surface area (Å²) in [5.41, 5.74) is 0.134. The Morgan fingerprint density at radius 3 is 2.45 bits per heavy atom. The van der Waals surface area contributed by atoms with E-state index < -0.39 is 21.7 Å². The van der Waals surface area contributed by atoms with Crippen LogP contribution in [-0.4, -0.2) is 54.7 Å². The Hall–Kier alpha value is -4.40. The highest BCUT2D eigenvalue weighted by Gasteiger charge is 2.20. The highest BCUT2D eigenvalue weighted by Crippen LogP contribution is 2.21. The van der Waals surface area contributed by atoms with Crippen molar-refractivity contribution in [3.63, 3.8) is 0 Å². The summed E-state index contributed by atoms with van der Waals surface area (Å²) >= 11 is 5.91. The molecule has 0 aliphatic carbocycles. The van der Waals surface area contributed by atoms with E-state index in [1.165, 1.54) is 22.9 Å². The average molecular weight is 479 g/mol. The lowest BCUT2D eigenvalue weighted by atomic mass is 10.2. The Balaban J connectivity index is 1.50. The number of nitrogens with zero attached hydrogens (tertiary/aromatic N) is 6. The van der Waals surface area contributed by atoms with Crippen molar-refractivity contribution in [1.29, 1.82) is 0 Å². The van der Waals surface area contributed by atoms with Gasteiger partial charge in [0.1, 0.15) is 6.54 Å². The van der Waals surface area contributed by atoms with E-state index in [-0.39, 0.29) is 53.4 Å². The lowest BCUT2D eigenvalue weighted by Gasteiger charge is -2.07. The zero-order chi connectivity index (χ0) is 24.1. The number of nitro benzene ring substituents is 1. The number of aromatic nitrogens is 4. The molecule has 16 heteroatoms. The summed E-state index contributed by atoms with van der Waals surface area (Å²) in [5.74, 6) is -1.96. The van der Waals surface area contributed by atoms with Gasteiger partial charge < -0.3 is 25.3 Å². The van der Waals surface area contributed by atoms with Crippen LogP contribution in [0.5, 0.6) is 0 Å². The summed E-state index contributed by atoms with van der Waals surface area (Å²) in [6, 6.07) is 4.74. The van der Waals surface area contributed by atoms with Gasteiger partial charge >= 0.3 is 17.6 Å². The van der Waals surface area contributed by atoms with Crippen LogP contribution in [0.3, 0.4) is 0 Å². The number of non-ortho nitro benzene ring substituents is 1. The molecule has 15 nitrogen and oxygen atoms in total. The maximum atomic E-state index is 12.2. The first-order chi connectivity index (χ1) is 15.7. The monoisotopic (exact) mass is 478 g/mol. The zero-order valence-electron chi connectivity index (χ0n) is 16.8. The predicted molar refractivity (Wildman–Crippen MR) is 110 cm³/mol. The molecule has 0 saturated heterocycles. The Labute approximate surface area is 189 Å². The summed E-state index contributed by atoms with van der Waals surface area (Å²) < 4.78 is 6.17. The first-order valence-corrected chi connectivity index (χ1v) is 9.55. The van der Waals surface area contributed by atoms with Crippen LogP contribution in [0, 0.1) is 27.2 Å². The molecule has 0 bridgehead atoms. The third-order valence-electron chi connectivity index (χ3n) is 4.21. The Morgan fingerprint density at radius 1 is 1.12 bits per heavy atom. The Bertz CT molecular complexity index is 1240. The number of aryl methyl sites for hydroxylation is 1. The van der Waals surface area contributed by atoms with Gasteiger partial charge in [-0.05, 0) is 17.9 Å². The minimum Gasteiger partial charge on any atom is -0.358 e. The Morgan fingerprint density at radius 2 is 1.82 bits per heavy atom. The number of amides is 2. The fourth-order valence-corrected chi connectivity index (χ4v) is 2.81. The number of nitro groups is 2. The second-order valence-corrected chi connectivity index (χ2v) is 6.91. The molecule has 33 heavy (non-hydrogen) atoms. The normalized spacial score (nSPS) is 10.6. The standard InChI is InChI=1S/C17H15ClN8O7/c1-9-6-14(26(31)32)22-24(9)8-13-21-17(33-23-13)16(28)20-5-4-19-15(27)11-7-10(25(29)30)2-3-12(11)18/h2-3,6-7H,4-5,8H2,1H3,(H,19,27)(H,20,28). The van der Waals surface area contributed by atoms with Gasteiger partial charge in [0.25, 0.3) is 11.6 Å². The molecule has 2 N–H and O–H groups in total. The molecule has 3 aromatic rings. The first-order valence-electron chi connectivity index (χ1n) is 9.17. The number of nitrogens with one attached hydrogen (secondary N) is 2. The van der Waals surface area contributed by atoms with Crippen molar-refractivity contribution >= 4 is 34.9 Å². The molecular weight excluding hydrogens is 464 g/mol. The van der Waals surface area contributed by atoms with Crippen molar-refractivity contribution in [2.45, 2.75) is 13.5 Å². The van der Waals surface area contributed by atoms with Crippen LogP contribution < -0.4 is 10.6 Å². The smallest absolute Gasteiger partial charge is 0.358 e. The van der Waals surface area contributed by atoms with Crippen LogP contribution in [0.15, 0.2) is 28.8 Å². The van der Waals surface area contributed by atoms with E-state index >= 15 is 0 Å². The largest absolute Gasteiger partial charge is 0.390 e. The van der Waals surface area contributed by atoms with Crippen LogP contribution >= 0.6 is 11.6 Å². The number of rotatable bonds is 9. The van der Waals surface area contributed by atoms with Crippen LogP contribution in [0.2, 0.25) is 5.02 Å². The lowest BCUT2D eigenvalue weighted by molar-refractivity contribution is -0.389. The number of hydrogen-bond acceptors (Lipinski definition) is 10. The summed E-state index contributed by atoms with van der Waals surface area (Å²) in [5, 5.41) is 34.0. The average Bonchev–Trinajstić information content (AvgIpc) is 3.38. The molecule has 0 saturated carbocycles. The molecule has 0 spiro atoms. The number of carbonyl (C=O) groups is 2. The van der Waals surface area contributed by atoms with E-state index in [0.717, 1.165) is 6.07 Å². The number of benzene rings is 1. The van der Waals surface area contributed by atoms with Gasteiger partial charge in [0.05, 0.1) is 32.4 Å². The highest BCUT2D eigenvalue weighted by molar-refractivity contribution is 6.33. The first kappa shape index (κ1) is 23.3. The maximum Gasteiger partial charge on any atom is 0.390 e. The number of hydrogen-bond donors (Lipinski definition) is 2. The van der Waals surface area contributed by atoms with Crippen molar-refractivity contribution in [1.82, 2.24) is 30.6 Å². The molecule has 0 radical (unpaired) electrons. The van der Waals surface area contributed by atoms with E-state index in [4.69, 9.17) is 16.1 Å². The molecule has 0 aliphatic heterocycles. The molecule has 1 aromatic carbocycles. The third-order valence-corrected chi connectivity index (χ3v) is 4.54. The number of halogens is 1. The quantitative estimate of drug-likeness (QED) is 0.256. The van der Waals surface area contributed by atoms with Crippen molar-refractivity contribution in [3.8, 4) is 0 Å². The molecule has 2 heterocycles. The molecule has 0 fully saturated rings. The van der Waals surface area contributed by atoms with Gasteiger partial charge in [-0.3, -0.25) is 19.7 Å². The summed E-state index contributed by atoms with van der Waals surface area (Å²) in [4.78, 5) is 48.6. The molecule has 0 unspecified atom stereocenters.